The number of carbonyl (C=O) groups excluding carboxylic acids is 1. The number of hydrogen-bond acceptors (Lipinski definition) is 2. The van der Waals surface area contributed by atoms with Gasteiger partial charge >= 0.3 is 0 Å². The van der Waals surface area contributed by atoms with E-state index in [0.717, 1.165) is 48.7 Å². The van der Waals surface area contributed by atoms with Gasteiger partial charge in [-0.25, -0.2) is 0 Å². The summed E-state index contributed by atoms with van der Waals surface area (Å²) in [5.41, 5.74) is 2.14. The van der Waals surface area contributed by atoms with Gasteiger partial charge in [-0.2, -0.15) is 0 Å². The van der Waals surface area contributed by atoms with Crippen molar-refractivity contribution in [1.29, 1.82) is 0 Å². The Morgan fingerprint density at radius 1 is 1.45 bits per heavy atom. The van der Waals surface area contributed by atoms with Gasteiger partial charge < -0.3 is 10.2 Å². The summed E-state index contributed by atoms with van der Waals surface area (Å²) < 4.78 is 0. The zero-order chi connectivity index (χ0) is 13.2. The average molecular weight is 315 g/mol. The quantitative estimate of drug-likeness (QED) is 0.930. The molecule has 1 atom stereocenters. The van der Waals surface area contributed by atoms with Crippen LogP contribution in [0.2, 0.25) is 5.02 Å². The first-order chi connectivity index (χ1) is 9.25. The average Bonchev–Trinajstić information content (AvgIpc) is 3.06. The number of anilines is 1. The van der Waals surface area contributed by atoms with Crippen molar-refractivity contribution in [1.82, 2.24) is 5.32 Å². The van der Waals surface area contributed by atoms with E-state index in [-0.39, 0.29) is 18.3 Å². The highest BCUT2D eigenvalue weighted by atomic mass is 35.5. The van der Waals surface area contributed by atoms with Gasteiger partial charge in [0.15, 0.2) is 0 Å². The van der Waals surface area contributed by atoms with Crippen molar-refractivity contribution in [3.63, 3.8) is 0 Å². The van der Waals surface area contributed by atoms with Crippen LogP contribution in [-0.2, 0) is 11.2 Å². The molecule has 0 bridgehead atoms. The van der Waals surface area contributed by atoms with Crippen LogP contribution < -0.4 is 10.2 Å². The monoisotopic (exact) mass is 314 g/mol. The summed E-state index contributed by atoms with van der Waals surface area (Å²) in [6.07, 6.45) is 3.73. The fourth-order valence-electron chi connectivity index (χ4n) is 3.07. The minimum absolute atomic E-state index is 0. The highest BCUT2D eigenvalue weighted by molar-refractivity contribution is 6.32. The molecule has 3 nitrogen and oxygen atoms in total. The van der Waals surface area contributed by atoms with Crippen molar-refractivity contribution in [3.05, 3.63) is 28.8 Å². The van der Waals surface area contributed by atoms with Crippen molar-refractivity contribution in [2.75, 3.05) is 24.5 Å². The third-order valence-electron chi connectivity index (χ3n) is 4.20. The minimum Gasteiger partial charge on any atom is -0.316 e. The Bertz CT molecular complexity index is 487. The van der Waals surface area contributed by atoms with E-state index in [0.29, 0.717) is 12.3 Å². The second-order valence-electron chi connectivity index (χ2n) is 5.43. The van der Waals surface area contributed by atoms with Crippen molar-refractivity contribution < 1.29 is 4.79 Å². The topological polar surface area (TPSA) is 32.3 Å². The standard InChI is InChI=1S/C15H19ClN2O.ClH/c16-13-2-1-3-14-12(13)7-9-18(14)15(19)5-4-11-6-8-17-10-11;/h1-3,11,17H,4-10H2;1H. The maximum absolute atomic E-state index is 12.3. The lowest BCUT2D eigenvalue weighted by atomic mass is 10.0. The number of halogens is 2. The van der Waals surface area contributed by atoms with Crippen LogP contribution in [0.25, 0.3) is 0 Å². The van der Waals surface area contributed by atoms with Gasteiger partial charge in [-0.3, -0.25) is 4.79 Å². The van der Waals surface area contributed by atoms with Gasteiger partial charge in [0, 0.05) is 23.7 Å². The lowest BCUT2D eigenvalue weighted by Crippen LogP contribution is -2.29. The van der Waals surface area contributed by atoms with Gasteiger partial charge in [-0.1, -0.05) is 17.7 Å². The molecule has 1 unspecified atom stereocenters. The van der Waals surface area contributed by atoms with Crippen LogP contribution in [0, 0.1) is 5.92 Å². The molecule has 0 aliphatic carbocycles. The van der Waals surface area contributed by atoms with E-state index in [1.165, 1.54) is 6.42 Å². The maximum atomic E-state index is 12.3. The molecule has 2 aliphatic rings. The molecular formula is C15H20Cl2N2O. The summed E-state index contributed by atoms with van der Waals surface area (Å²) >= 11 is 6.17. The van der Waals surface area contributed by atoms with Crippen molar-refractivity contribution in [2.24, 2.45) is 5.92 Å². The summed E-state index contributed by atoms with van der Waals surface area (Å²) in [5.74, 6) is 0.915. The number of benzene rings is 1. The van der Waals surface area contributed by atoms with Crippen LogP contribution in [0.3, 0.4) is 0 Å². The lowest BCUT2D eigenvalue weighted by Gasteiger charge is -2.18. The van der Waals surface area contributed by atoms with E-state index in [2.05, 4.69) is 5.32 Å². The third kappa shape index (κ3) is 3.11. The Hall–Kier alpha value is -0.770. The number of hydrogen-bond donors (Lipinski definition) is 1. The van der Waals surface area contributed by atoms with Crippen LogP contribution >= 0.6 is 24.0 Å². The predicted octanol–water partition coefficient (Wildman–Crippen LogP) is 3.04. The molecule has 0 aromatic heterocycles. The fourth-order valence-corrected chi connectivity index (χ4v) is 3.34. The van der Waals surface area contributed by atoms with E-state index in [1.807, 2.05) is 23.1 Å². The Morgan fingerprint density at radius 3 is 3.05 bits per heavy atom. The third-order valence-corrected chi connectivity index (χ3v) is 4.55. The molecule has 0 saturated carbocycles. The molecule has 110 valence electrons. The largest absolute Gasteiger partial charge is 0.316 e. The molecule has 1 fully saturated rings. The van der Waals surface area contributed by atoms with Crippen LogP contribution in [0.5, 0.6) is 0 Å². The second kappa shape index (κ2) is 6.79. The smallest absolute Gasteiger partial charge is 0.227 e. The Labute approximate surface area is 131 Å². The summed E-state index contributed by atoms with van der Waals surface area (Å²) in [6.45, 7) is 2.94. The summed E-state index contributed by atoms with van der Waals surface area (Å²) in [5, 5.41) is 4.13. The SMILES string of the molecule is Cl.O=C(CCC1CCNC1)N1CCc2c(Cl)cccc21. The number of carbonyl (C=O) groups is 1. The van der Waals surface area contributed by atoms with E-state index in [4.69, 9.17) is 11.6 Å². The molecule has 0 spiro atoms. The Balaban J connectivity index is 0.00000147. The van der Waals surface area contributed by atoms with Gasteiger partial charge in [0.25, 0.3) is 0 Å². The van der Waals surface area contributed by atoms with Crippen LogP contribution in [0.4, 0.5) is 5.69 Å². The number of rotatable bonds is 3. The van der Waals surface area contributed by atoms with E-state index < -0.39 is 0 Å². The summed E-state index contributed by atoms with van der Waals surface area (Å²) in [7, 11) is 0. The molecule has 2 aliphatic heterocycles. The molecule has 1 N–H and O–H groups in total. The van der Waals surface area contributed by atoms with Crippen molar-refractivity contribution in [2.45, 2.75) is 25.7 Å². The van der Waals surface area contributed by atoms with Gasteiger partial charge in [0.05, 0.1) is 0 Å². The highest BCUT2D eigenvalue weighted by Crippen LogP contribution is 2.33. The molecule has 1 saturated heterocycles. The molecule has 2 heterocycles. The first-order valence-electron chi connectivity index (χ1n) is 7.04. The zero-order valence-corrected chi connectivity index (χ0v) is 13.0. The zero-order valence-electron chi connectivity index (χ0n) is 11.4. The Kier molecular flexibility index (Phi) is 5.30. The van der Waals surface area contributed by atoms with E-state index in [1.54, 1.807) is 0 Å². The first-order valence-corrected chi connectivity index (χ1v) is 7.42. The van der Waals surface area contributed by atoms with Gasteiger partial charge in [0.1, 0.15) is 0 Å². The first kappa shape index (κ1) is 15.6. The van der Waals surface area contributed by atoms with Gasteiger partial charge in [-0.15, -0.1) is 12.4 Å². The minimum atomic E-state index is 0. The number of nitrogens with one attached hydrogen (secondary N) is 1. The molecular weight excluding hydrogens is 295 g/mol. The van der Waals surface area contributed by atoms with E-state index in [9.17, 15) is 4.79 Å². The van der Waals surface area contributed by atoms with Crippen LogP contribution in [-0.4, -0.2) is 25.5 Å². The molecule has 0 radical (unpaired) electrons. The normalized spacial score (nSPS) is 20.6. The number of fused-ring (bicyclic) bond motifs is 1. The maximum Gasteiger partial charge on any atom is 0.227 e. The number of nitrogens with zero attached hydrogens (tertiary/aromatic N) is 1. The van der Waals surface area contributed by atoms with Crippen molar-refractivity contribution >= 4 is 35.6 Å². The molecule has 1 aromatic carbocycles. The number of amides is 1. The molecule has 20 heavy (non-hydrogen) atoms. The molecule has 5 heteroatoms. The van der Waals surface area contributed by atoms with Crippen molar-refractivity contribution in [3.8, 4) is 0 Å². The highest BCUT2D eigenvalue weighted by Gasteiger charge is 2.26. The van der Waals surface area contributed by atoms with Gasteiger partial charge in [-0.05, 0) is 56.0 Å². The predicted molar refractivity (Wildman–Crippen MR) is 85.0 cm³/mol. The Morgan fingerprint density at radius 2 is 2.30 bits per heavy atom. The second-order valence-corrected chi connectivity index (χ2v) is 5.84. The van der Waals surface area contributed by atoms with Crippen LogP contribution in [0.1, 0.15) is 24.8 Å². The molecule has 3 rings (SSSR count). The lowest BCUT2D eigenvalue weighted by molar-refractivity contribution is -0.118. The fraction of sp³-hybridized carbons (Fsp3) is 0.533. The summed E-state index contributed by atoms with van der Waals surface area (Å²) in [6, 6.07) is 5.83. The molecule has 1 aromatic rings. The molecule has 1 amide bonds. The van der Waals surface area contributed by atoms with Gasteiger partial charge in [0.2, 0.25) is 5.91 Å². The summed E-state index contributed by atoms with van der Waals surface area (Å²) in [4.78, 5) is 14.2. The van der Waals surface area contributed by atoms with E-state index >= 15 is 0 Å². The van der Waals surface area contributed by atoms with Crippen LogP contribution in [0.15, 0.2) is 18.2 Å².